The zero-order chi connectivity index (χ0) is 39.4. The van der Waals surface area contributed by atoms with Gasteiger partial charge < -0.3 is 20.6 Å². The van der Waals surface area contributed by atoms with Gasteiger partial charge in [0, 0.05) is 0 Å². The van der Waals surface area contributed by atoms with E-state index in [9.17, 15) is 20.1 Å². The Labute approximate surface area is 336 Å². The van der Waals surface area contributed by atoms with Crippen molar-refractivity contribution in [1.82, 2.24) is 5.32 Å². The second-order valence-corrected chi connectivity index (χ2v) is 15.9. The number of allylic oxidation sites excluding steroid dienone is 7. The molecule has 316 valence electrons. The van der Waals surface area contributed by atoms with E-state index < -0.39 is 24.2 Å². The van der Waals surface area contributed by atoms with Crippen molar-refractivity contribution < 1.29 is 20.1 Å². The molecule has 0 saturated heterocycles. The van der Waals surface area contributed by atoms with E-state index in [1.165, 1.54) is 167 Å². The van der Waals surface area contributed by atoms with E-state index >= 15 is 0 Å². The number of hydrogen-bond donors (Lipinski definition) is 4. The average Bonchev–Trinajstić information content (AvgIpc) is 3.18. The Hall–Kier alpha value is -1.69. The Morgan fingerprint density at radius 2 is 0.778 bits per heavy atom. The summed E-state index contributed by atoms with van der Waals surface area (Å²) in [5, 5.41) is 33.0. The van der Waals surface area contributed by atoms with Gasteiger partial charge in [-0.05, 0) is 64.2 Å². The van der Waals surface area contributed by atoms with Gasteiger partial charge in [0.15, 0.2) is 0 Å². The van der Waals surface area contributed by atoms with Gasteiger partial charge in [0.1, 0.15) is 6.10 Å². The first-order valence-corrected chi connectivity index (χ1v) is 23.5. The molecule has 0 radical (unpaired) electrons. The van der Waals surface area contributed by atoms with Crippen LogP contribution in [0.5, 0.6) is 0 Å². The van der Waals surface area contributed by atoms with Gasteiger partial charge in [-0.25, -0.2) is 0 Å². The molecule has 3 unspecified atom stereocenters. The minimum atomic E-state index is -1.11. The topological polar surface area (TPSA) is 89.8 Å². The van der Waals surface area contributed by atoms with Crippen molar-refractivity contribution in [3.8, 4) is 0 Å². The Balaban J connectivity index is 3.59. The summed E-state index contributed by atoms with van der Waals surface area (Å²) in [6.45, 7) is 4.12. The molecule has 0 saturated carbocycles. The molecule has 54 heavy (non-hydrogen) atoms. The first-order chi connectivity index (χ1) is 26.6. The number of aliphatic hydroxyl groups excluding tert-OH is 3. The Morgan fingerprint density at radius 1 is 0.444 bits per heavy atom. The zero-order valence-electron chi connectivity index (χ0n) is 35.8. The second-order valence-electron chi connectivity index (χ2n) is 15.9. The molecular formula is C49H91NO4. The van der Waals surface area contributed by atoms with Gasteiger partial charge in [-0.2, -0.15) is 0 Å². The third-order valence-corrected chi connectivity index (χ3v) is 10.6. The third-order valence-electron chi connectivity index (χ3n) is 10.6. The molecule has 0 bridgehead atoms. The quantitative estimate of drug-likeness (QED) is 0.0369. The summed E-state index contributed by atoms with van der Waals surface area (Å²) in [6.07, 6.45) is 57.4. The molecule has 0 rings (SSSR count). The van der Waals surface area contributed by atoms with Crippen LogP contribution in [0.1, 0.15) is 232 Å². The molecule has 4 N–H and O–H groups in total. The van der Waals surface area contributed by atoms with Crippen LogP contribution in [0.25, 0.3) is 0 Å². The maximum Gasteiger partial charge on any atom is 0.249 e. The summed E-state index contributed by atoms with van der Waals surface area (Å²) in [5.74, 6) is -0.519. The summed E-state index contributed by atoms with van der Waals surface area (Å²) >= 11 is 0. The number of rotatable bonds is 42. The molecule has 0 aliphatic rings. The molecule has 0 aromatic rings. The van der Waals surface area contributed by atoms with Crippen molar-refractivity contribution >= 4 is 5.91 Å². The van der Waals surface area contributed by atoms with Crippen molar-refractivity contribution in [2.45, 2.75) is 250 Å². The number of hydrogen-bond acceptors (Lipinski definition) is 4. The van der Waals surface area contributed by atoms with Crippen LogP contribution in [0, 0.1) is 0 Å². The minimum absolute atomic E-state index is 0.382. The highest BCUT2D eigenvalue weighted by Crippen LogP contribution is 2.15. The van der Waals surface area contributed by atoms with Crippen LogP contribution in [0.4, 0.5) is 0 Å². The lowest BCUT2D eigenvalue weighted by molar-refractivity contribution is -0.131. The van der Waals surface area contributed by atoms with Crippen LogP contribution >= 0.6 is 0 Å². The summed E-state index contributed by atoms with van der Waals surface area (Å²) in [6, 6.07) is -0.820. The predicted octanol–water partition coefficient (Wildman–Crippen LogP) is 13.7. The van der Waals surface area contributed by atoms with Gasteiger partial charge in [-0.15, -0.1) is 0 Å². The molecule has 0 fully saturated rings. The standard InChI is InChI=1S/C49H91NO4/c1-3-5-7-9-11-13-15-17-18-19-20-21-22-23-24-25-26-27-28-29-30-31-32-34-36-38-40-42-44-48(53)49(54)50-46(45-51)47(52)43-41-39-37-35-33-16-14-12-10-8-6-4-2/h10,12,23-24,33,35,41,43,46-48,51-53H,3-9,11,13-22,25-32,34,36-40,42,44-45H2,1-2H3,(H,50,54)/b12-10+,24-23-,35-33+,43-41+. The number of carbonyl (C=O) groups is 1. The van der Waals surface area contributed by atoms with Crippen LogP contribution in [-0.2, 0) is 4.79 Å². The lowest BCUT2D eigenvalue weighted by Crippen LogP contribution is -2.48. The first kappa shape index (κ1) is 52.3. The number of amides is 1. The molecule has 0 aliphatic carbocycles. The van der Waals surface area contributed by atoms with Gasteiger partial charge in [-0.3, -0.25) is 4.79 Å². The van der Waals surface area contributed by atoms with E-state index in [1.54, 1.807) is 6.08 Å². The van der Waals surface area contributed by atoms with Gasteiger partial charge in [0.2, 0.25) is 5.91 Å². The SMILES string of the molecule is CCCC/C=C/CC/C=C/CC/C=C/C(O)C(CO)NC(=O)C(O)CCCCCCCCCCCCCC/C=C\CCCCCCCCCCCCCC. The average molecular weight is 758 g/mol. The highest BCUT2D eigenvalue weighted by Gasteiger charge is 2.22. The van der Waals surface area contributed by atoms with E-state index in [-0.39, 0.29) is 6.61 Å². The summed E-state index contributed by atoms with van der Waals surface area (Å²) in [5.41, 5.74) is 0. The van der Waals surface area contributed by atoms with Crippen molar-refractivity contribution in [2.24, 2.45) is 0 Å². The molecule has 0 aromatic heterocycles. The highest BCUT2D eigenvalue weighted by atomic mass is 16.3. The van der Waals surface area contributed by atoms with Crippen molar-refractivity contribution in [3.05, 3.63) is 48.6 Å². The number of carbonyl (C=O) groups excluding carboxylic acids is 1. The summed E-state index contributed by atoms with van der Waals surface area (Å²) < 4.78 is 0. The second kappa shape index (κ2) is 44.0. The fourth-order valence-electron chi connectivity index (χ4n) is 6.90. The Morgan fingerprint density at radius 3 is 1.19 bits per heavy atom. The molecule has 0 spiro atoms. The number of nitrogens with one attached hydrogen (secondary N) is 1. The van der Waals surface area contributed by atoms with E-state index in [2.05, 4.69) is 55.6 Å². The predicted molar refractivity (Wildman–Crippen MR) is 236 cm³/mol. The Kier molecular flexibility index (Phi) is 42.7. The fraction of sp³-hybridized carbons (Fsp3) is 0.816. The molecule has 0 heterocycles. The molecule has 5 nitrogen and oxygen atoms in total. The fourth-order valence-corrected chi connectivity index (χ4v) is 6.90. The van der Waals surface area contributed by atoms with E-state index in [1.807, 2.05) is 6.08 Å². The van der Waals surface area contributed by atoms with Crippen LogP contribution in [0.15, 0.2) is 48.6 Å². The van der Waals surface area contributed by atoms with E-state index in [4.69, 9.17) is 0 Å². The molecule has 0 aliphatic heterocycles. The smallest absolute Gasteiger partial charge is 0.249 e. The molecule has 5 heteroatoms. The third kappa shape index (κ3) is 38.6. The maximum absolute atomic E-state index is 12.5. The monoisotopic (exact) mass is 758 g/mol. The molecule has 1 amide bonds. The summed E-state index contributed by atoms with van der Waals surface area (Å²) in [7, 11) is 0. The van der Waals surface area contributed by atoms with Gasteiger partial charge in [0.25, 0.3) is 0 Å². The van der Waals surface area contributed by atoms with Crippen LogP contribution < -0.4 is 5.32 Å². The van der Waals surface area contributed by atoms with E-state index in [0.717, 1.165) is 44.9 Å². The van der Waals surface area contributed by atoms with Gasteiger partial charge >= 0.3 is 0 Å². The Bertz CT molecular complexity index is 881. The van der Waals surface area contributed by atoms with Crippen LogP contribution in [0.2, 0.25) is 0 Å². The minimum Gasteiger partial charge on any atom is -0.394 e. The molecule has 0 aromatic carbocycles. The molecule has 3 atom stereocenters. The summed E-state index contributed by atoms with van der Waals surface area (Å²) in [4.78, 5) is 12.5. The van der Waals surface area contributed by atoms with Gasteiger partial charge in [0.05, 0.1) is 18.8 Å². The number of unbranched alkanes of at least 4 members (excludes halogenated alkanes) is 28. The first-order valence-electron chi connectivity index (χ1n) is 23.5. The maximum atomic E-state index is 12.5. The lowest BCUT2D eigenvalue weighted by Gasteiger charge is -2.21. The van der Waals surface area contributed by atoms with Crippen molar-refractivity contribution in [2.75, 3.05) is 6.61 Å². The lowest BCUT2D eigenvalue weighted by atomic mass is 10.0. The van der Waals surface area contributed by atoms with Crippen molar-refractivity contribution in [1.29, 1.82) is 0 Å². The number of aliphatic hydroxyl groups is 3. The van der Waals surface area contributed by atoms with Crippen molar-refractivity contribution in [3.63, 3.8) is 0 Å². The normalized spacial score (nSPS) is 13.9. The largest absolute Gasteiger partial charge is 0.394 e. The van der Waals surface area contributed by atoms with Crippen LogP contribution in [0.3, 0.4) is 0 Å². The molecular weight excluding hydrogens is 667 g/mol. The van der Waals surface area contributed by atoms with Crippen LogP contribution in [-0.4, -0.2) is 46.1 Å². The van der Waals surface area contributed by atoms with E-state index in [0.29, 0.717) is 6.42 Å². The van der Waals surface area contributed by atoms with Gasteiger partial charge in [-0.1, -0.05) is 217 Å². The highest BCUT2D eigenvalue weighted by molar-refractivity contribution is 5.80. The zero-order valence-corrected chi connectivity index (χ0v) is 35.8.